The summed E-state index contributed by atoms with van der Waals surface area (Å²) in [6.07, 6.45) is 14.2. The molecule has 3 nitrogen and oxygen atoms in total. The molecule has 0 aliphatic heterocycles. The highest BCUT2D eigenvalue weighted by molar-refractivity contribution is 5.28. The number of methoxy groups -OCH3 is 1. The first-order valence-corrected chi connectivity index (χ1v) is 13.8. The lowest BCUT2D eigenvalue weighted by Crippen LogP contribution is -2.55. The van der Waals surface area contributed by atoms with Crippen LogP contribution in [-0.4, -0.2) is 35.1 Å². The van der Waals surface area contributed by atoms with Gasteiger partial charge in [0.15, 0.2) is 0 Å². The fraction of sp³-hybridized carbons (Fsp3) is 0.867. The van der Waals surface area contributed by atoms with Crippen LogP contribution in [0.15, 0.2) is 24.3 Å². The maximum Gasteiger partial charge on any atom is 0.0847 e. The minimum Gasteiger partial charge on any atom is -0.393 e. The highest BCUT2D eigenvalue weighted by atomic mass is 16.5. The van der Waals surface area contributed by atoms with E-state index >= 15 is 0 Å². The zero-order valence-electron chi connectivity index (χ0n) is 22.1. The van der Waals surface area contributed by atoms with Gasteiger partial charge in [0.1, 0.15) is 0 Å². The van der Waals surface area contributed by atoms with Crippen LogP contribution in [0.3, 0.4) is 0 Å². The molecule has 3 heteroatoms. The molecular formula is C30H50O3. The molecule has 0 aromatic rings. The van der Waals surface area contributed by atoms with Gasteiger partial charge in [-0.1, -0.05) is 52.3 Å². The molecule has 0 aromatic carbocycles. The van der Waals surface area contributed by atoms with Crippen LogP contribution in [0.1, 0.15) is 92.4 Å². The molecule has 0 aromatic heterocycles. The molecule has 0 heterocycles. The minimum absolute atomic E-state index is 0.177. The van der Waals surface area contributed by atoms with Crippen LogP contribution in [0.5, 0.6) is 0 Å². The lowest BCUT2D eigenvalue weighted by Gasteiger charge is -2.60. The third-order valence-corrected chi connectivity index (χ3v) is 11.5. The van der Waals surface area contributed by atoms with E-state index in [-0.39, 0.29) is 23.5 Å². The van der Waals surface area contributed by atoms with Crippen molar-refractivity contribution < 1.29 is 14.9 Å². The molecule has 4 rings (SSSR count). The second kappa shape index (κ2) is 9.10. The second-order valence-corrected chi connectivity index (χ2v) is 13.1. The number of aliphatic hydroxyl groups excluding tert-OH is 1. The fourth-order valence-corrected chi connectivity index (χ4v) is 9.09. The van der Waals surface area contributed by atoms with Crippen LogP contribution in [0.2, 0.25) is 0 Å². The molecule has 0 spiro atoms. The molecule has 188 valence electrons. The number of hydrogen-bond donors (Lipinski definition) is 2. The van der Waals surface area contributed by atoms with Crippen LogP contribution in [0.25, 0.3) is 0 Å². The zero-order valence-corrected chi connectivity index (χ0v) is 22.1. The number of ether oxygens (including phenoxy) is 1. The minimum atomic E-state index is -0.753. The Bertz CT molecular complexity index is 758. The number of aliphatic hydroxyl groups is 2. The maximum atomic E-state index is 11.0. The summed E-state index contributed by atoms with van der Waals surface area (Å²) in [5.74, 6) is 3.50. The summed E-state index contributed by atoms with van der Waals surface area (Å²) < 4.78 is 6.17. The highest BCUT2D eigenvalue weighted by Gasteiger charge is 2.61. The first-order chi connectivity index (χ1) is 15.5. The van der Waals surface area contributed by atoms with E-state index in [1.807, 2.05) is 7.11 Å². The van der Waals surface area contributed by atoms with Gasteiger partial charge in [0, 0.05) is 7.11 Å². The Labute approximate surface area is 203 Å². The highest BCUT2D eigenvalue weighted by Crippen LogP contribution is 2.67. The van der Waals surface area contributed by atoms with Crippen LogP contribution in [0.4, 0.5) is 0 Å². The van der Waals surface area contributed by atoms with E-state index in [2.05, 4.69) is 47.3 Å². The number of rotatable bonds is 7. The standard InChI is InChI=1S/C30H50O3/c1-8-30(32,19(2)3)16-11-20(4)23-9-10-24-27-25(13-15-29(23,24)6)28(5)14-12-22(31)17-21(28)18-26(27)33-7/h8,18-20,22-27,31-32H,1,9-17H2,2-7H3. The predicted molar refractivity (Wildman–Crippen MR) is 136 cm³/mol. The van der Waals surface area contributed by atoms with Gasteiger partial charge in [0.25, 0.3) is 0 Å². The summed E-state index contributed by atoms with van der Waals surface area (Å²) in [6, 6.07) is 0. The average molecular weight is 459 g/mol. The molecule has 10 unspecified atom stereocenters. The van der Waals surface area contributed by atoms with Crippen molar-refractivity contribution in [1.29, 1.82) is 0 Å². The second-order valence-electron chi connectivity index (χ2n) is 13.1. The molecule has 3 fully saturated rings. The maximum absolute atomic E-state index is 11.0. The molecule has 33 heavy (non-hydrogen) atoms. The van der Waals surface area contributed by atoms with Gasteiger partial charge in [-0.05, 0) is 104 Å². The lowest BCUT2D eigenvalue weighted by molar-refractivity contribution is -0.106. The SMILES string of the molecule is C=CC(O)(CCC(C)C1CCC2C3C(OC)C=C4CC(O)CCC4(C)C3CCC12C)C(C)C. The Morgan fingerprint density at radius 1 is 1.15 bits per heavy atom. The molecule has 4 aliphatic rings. The normalized spacial score (nSPS) is 45.4. The molecule has 2 N–H and O–H groups in total. The fourth-order valence-electron chi connectivity index (χ4n) is 9.09. The van der Waals surface area contributed by atoms with Crippen molar-refractivity contribution in [3.05, 3.63) is 24.3 Å². The summed E-state index contributed by atoms with van der Waals surface area (Å²) in [4.78, 5) is 0. The van der Waals surface area contributed by atoms with E-state index in [9.17, 15) is 10.2 Å². The van der Waals surface area contributed by atoms with Crippen LogP contribution in [-0.2, 0) is 4.74 Å². The Morgan fingerprint density at radius 3 is 2.52 bits per heavy atom. The summed E-state index contributed by atoms with van der Waals surface area (Å²) >= 11 is 0. The van der Waals surface area contributed by atoms with Gasteiger partial charge in [0.2, 0.25) is 0 Å². The predicted octanol–water partition coefficient (Wildman–Crippen LogP) is 6.54. The summed E-state index contributed by atoms with van der Waals surface area (Å²) in [5.41, 5.74) is 1.31. The third-order valence-electron chi connectivity index (χ3n) is 11.5. The Hall–Kier alpha value is -0.640. The Morgan fingerprint density at radius 2 is 1.88 bits per heavy atom. The van der Waals surface area contributed by atoms with Gasteiger partial charge in [-0.25, -0.2) is 0 Å². The van der Waals surface area contributed by atoms with Crippen molar-refractivity contribution in [3.63, 3.8) is 0 Å². The van der Waals surface area contributed by atoms with E-state index in [1.54, 1.807) is 6.08 Å². The van der Waals surface area contributed by atoms with Crippen molar-refractivity contribution >= 4 is 0 Å². The molecular weight excluding hydrogens is 408 g/mol. The van der Waals surface area contributed by atoms with Crippen molar-refractivity contribution in [2.45, 2.75) is 110 Å². The Balaban J connectivity index is 1.56. The van der Waals surface area contributed by atoms with Gasteiger partial charge < -0.3 is 14.9 Å². The average Bonchev–Trinajstić information content (AvgIpc) is 3.14. The molecule has 0 bridgehead atoms. The first kappa shape index (κ1) is 25.5. The van der Waals surface area contributed by atoms with Crippen LogP contribution in [0, 0.1) is 46.3 Å². The van der Waals surface area contributed by atoms with Crippen LogP contribution < -0.4 is 0 Å². The van der Waals surface area contributed by atoms with Gasteiger partial charge in [-0.3, -0.25) is 0 Å². The van der Waals surface area contributed by atoms with Gasteiger partial charge in [-0.2, -0.15) is 0 Å². The van der Waals surface area contributed by atoms with Gasteiger partial charge in [0.05, 0.1) is 17.8 Å². The third kappa shape index (κ3) is 4.08. The van der Waals surface area contributed by atoms with Crippen molar-refractivity contribution in [1.82, 2.24) is 0 Å². The van der Waals surface area contributed by atoms with Crippen molar-refractivity contribution in [2.24, 2.45) is 46.3 Å². The molecule has 0 radical (unpaired) electrons. The number of hydrogen-bond acceptors (Lipinski definition) is 3. The van der Waals surface area contributed by atoms with Crippen molar-refractivity contribution in [2.75, 3.05) is 7.11 Å². The Kier molecular flexibility index (Phi) is 7.02. The summed E-state index contributed by atoms with van der Waals surface area (Å²) in [6.45, 7) is 15.6. The zero-order chi connectivity index (χ0) is 24.2. The monoisotopic (exact) mass is 458 g/mol. The van der Waals surface area contributed by atoms with E-state index in [0.29, 0.717) is 35.0 Å². The first-order valence-electron chi connectivity index (χ1n) is 13.8. The largest absolute Gasteiger partial charge is 0.393 e. The van der Waals surface area contributed by atoms with Gasteiger partial charge >= 0.3 is 0 Å². The topological polar surface area (TPSA) is 49.7 Å². The van der Waals surface area contributed by atoms with Crippen LogP contribution >= 0.6 is 0 Å². The van der Waals surface area contributed by atoms with E-state index in [4.69, 9.17) is 4.74 Å². The lowest BCUT2D eigenvalue weighted by atomic mass is 9.46. The molecule has 3 saturated carbocycles. The molecule has 10 atom stereocenters. The summed E-state index contributed by atoms with van der Waals surface area (Å²) in [5, 5.41) is 21.4. The molecule has 0 amide bonds. The molecule has 0 saturated heterocycles. The van der Waals surface area contributed by atoms with E-state index < -0.39 is 5.60 Å². The van der Waals surface area contributed by atoms with E-state index in [0.717, 1.165) is 32.1 Å². The molecule has 4 aliphatic carbocycles. The van der Waals surface area contributed by atoms with E-state index in [1.165, 1.54) is 31.3 Å². The van der Waals surface area contributed by atoms with Crippen molar-refractivity contribution in [3.8, 4) is 0 Å². The smallest absolute Gasteiger partial charge is 0.0847 e. The number of fused-ring (bicyclic) bond motifs is 5. The quantitative estimate of drug-likeness (QED) is 0.426. The summed E-state index contributed by atoms with van der Waals surface area (Å²) in [7, 11) is 1.89. The van der Waals surface area contributed by atoms with Gasteiger partial charge in [-0.15, -0.1) is 6.58 Å².